The Morgan fingerprint density at radius 3 is 2.39 bits per heavy atom. The quantitative estimate of drug-likeness (QED) is 0.714. The van der Waals surface area contributed by atoms with Gasteiger partial charge in [-0.15, -0.1) is 0 Å². The summed E-state index contributed by atoms with van der Waals surface area (Å²) < 4.78 is 43.0. The van der Waals surface area contributed by atoms with Crippen LogP contribution in [0.3, 0.4) is 0 Å². The van der Waals surface area contributed by atoms with Gasteiger partial charge < -0.3 is 4.57 Å². The van der Waals surface area contributed by atoms with Crippen LogP contribution in [0, 0.1) is 11.3 Å². The van der Waals surface area contributed by atoms with Gasteiger partial charge in [0.2, 0.25) is 0 Å². The highest BCUT2D eigenvalue weighted by molar-refractivity contribution is 5.89. The number of aryl methyl sites for hydroxylation is 1. The van der Waals surface area contributed by atoms with Gasteiger partial charge in [0.05, 0.1) is 11.1 Å². The molecule has 0 saturated carbocycles. The number of pyridine rings is 1. The molecule has 6 heteroatoms. The second kappa shape index (κ2) is 4.98. The molecule has 2 aromatic rings. The lowest BCUT2D eigenvalue weighted by molar-refractivity contribution is -0.137. The van der Waals surface area contributed by atoms with Crippen LogP contribution in [0.15, 0.2) is 6.20 Å². The maximum absolute atomic E-state index is 13.8. The van der Waals surface area contributed by atoms with Crippen LogP contribution in [0.25, 0.3) is 11.0 Å². The number of nitriles is 1. The Bertz CT molecular complexity index is 817. The van der Waals surface area contributed by atoms with Crippen molar-refractivity contribution in [3.05, 3.63) is 28.6 Å². The molecule has 0 atom stereocenters. The normalized spacial score (nSPS) is 15.5. The molecule has 0 saturated heterocycles. The lowest BCUT2D eigenvalue weighted by Crippen LogP contribution is -2.22. The van der Waals surface area contributed by atoms with Crippen LogP contribution in [-0.4, -0.2) is 9.55 Å². The third-order valence-corrected chi connectivity index (χ3v) is 4.34. The van der Waals surface area contributed by atoms with E-state index in [2.05, 4.69) is 4.98 Å². The van der Waals surface area contributed by atoms with E-state index in [0.717, 1.165) is 12.8 Å². The van der Waals surface area contributed by atoms with Crippen molar-refractivity contribution in [1.82, 2.24) is 9.55 Å². The first-order valence-electron chi connectivity index (χ1n) is 7.69. The molecule has 0 aliphatic heterocycles. The minimum atomic E-state index is -4.49. The fraction of sp³-hybridized carbons (Fsp3) is 0.529. The average Bonchev–Trinajstić information content (AvgIpc) is 2.81. The number of nitrogens with zero attached hydrogens (tertiary/aromatic N) is 3. The van der Waals surface area contributed by atoms with Gasteiger partial charge >= 0.3 is 6.18 Å². The highest BCUT2D eigenvalue weighted by Crippen LogP contribution is 2.42. The third kappa shape index (κ3) is 2.48. The summed E-state index contributed by atoms with van der Waals surface area (Å²) in [6, 6.07) is 1.92. The molecule has 0 radical (unpaired) electrons. The zero-order valence-electron chi connectivity index (χ0n) is 13.4. The predicted octanol–water partition coefficient (Wildman–Crippen LogP) is 4.56. The molecule has 2 aromatic heterocycles. The fourth-order valence-electron chi connectivity index (χ4n) is 3.32. The van der Waals surface area contributed by atoms with E-state index in [1.165, 1.54) is 6.20 Å². The van der Waals surface area contributed by atoms with Crippen molar-refractivity contribution in [2.45, 2.75) is 58.2 Å². The highest BCUT2D eigenvalue weighted by atomic mass is 19.4. The monoisotopic (exact) mass is 321 g/mol. The van der Waals surface area contributed by atoms with Gasteiger partial charge in [0.25, 0.3) is 0 Å². The van der Waals surface area contributed by atoms with Crippen molar-refractivity contribution in [3.63, 3.8) is 0 Å². The van der Waals surface area contributed by atoms with Crippen molar-refractivity contribution in [3.8, 4) is 6.07 Å². The summed E-state index contributed by atoms with van der Waals surface area (Å²) >= 11 is 0. The topological polar surface area (TPSA) is 41.6 Å². The molecule has 3 nitrogen and oxygen atoms in total. The van der Waals surface area contributed by atoms with Gasteiger partial charge in [0.15, 0.2) is 0 Å². The first kappa shape index (κ1) is 15.9. The van der Waals surface area contributed by atoms with Crippen LogP contribution >= 0.6 is 0 Å². The zero-order chi connectivity index (χ0) is 17.0. The van der Waals surface area contributed by atoms with Gasteiger partial charge in [-0.25, -0.2) is 4.98 Å². The molecule has 0 N–H and O–H groups in total. The maximum atomic E-state index is 13.8. The number of alkyl halides is 3. The minimum Gasteiger partial charge on any atom is -0.326 e. The number of fused-ring (bicyclic) bond motifs is 2. The van der Waals surface area contributed by atoms with Crippen LogP contribution in [0.5, 0.6) is 0 Å². The van der Waals surface area contributed by atoms with Crippen molar-refractivity contribution in [1.29, 1.82) is 5.26 Å². The molecule has 0 fully saturated rings. The second-order valence-electron chi connectivity index (χ2n) is 7.01. The van der Waals surface area contributed by atoms with Crippen molar-refractivity contribution < 1.29 is 13.2 Å². The number of hydrogen-bond donors (Lipinski definition) is 0. The first-order valence-corrected chi connectivity index (χ1v) is 7.69. The summed E-state index contributed by atoms with van der Waals surface area (Å²) in [6.45, 7) is 5.67. The van der Waals surface area contributed by atoms with Crippen LogP contribution in [0.4, 0.5) is 13.2 Å². The molecule has 0 bridgehead atoms. The van der Waals surface area contributed by atoms with Crippen LogP contribution in [0.1, 0.15) is 56.0 Å². The molecule has 0 amide bonds. The van der Waals surface area contributed by atoms with Crippen molar-refractivity contribution >= 4 is 11.0 Å². The predicted molar refractivity (Wildman–Crippen MR) is 81.1 cm³/mol. The van der Waals surface area contributed by atoms with Crippen LogP contribution < -0.4 is 0 Å². The molecule has 1 aliphatic rings. The summed E-state index contributed by atoms with van der Waals surface area (Å²) in [7, 11) is 0. The lowest BCUT2D eigenvalue weighted by atomic mass is 9.90. The minimum absolute atomic E-state index is 0.0446. The number of aromatic nitrogens is 2. The molecule has 0 spiro atoms. The summed E-state index contributed by atoms with van der Waals surface area (Å²) in [5.41, 5.74) is 0.0111. The van der Waals surface area contributed by atoms with E-state index < -0.39 is 17.3 Å². The summed E-state index contributed by atoms with van der Waals surface area (Å²) in [5, 5.41) is 9.30. The molecular weight excluding hydrogens is 303 g/mol. The van der Waals surface area contributed by atoms with Gasteiger partial charge in [-0.05, 0) is 52.0 Å². The molecule has 23 heavy (non-hydrogen) atoms. The smallest absolute Gasteiger partial charge is 0.326 e. The van der Waals surface area contributed by atoms with E-state index in [1.807, 2.05) is 26.8 Å². The number of rotatable bonds is 0. The lowest BCUT2D eigenvalue weighted by Gasteiger charge is -2.25. The van der Waals surface area contributed by atoms with Gasteiger partial charge in [-0.1, -0.05) is 0 Å². The average molecular weight is 321 g/mol. The molecule has 2 heterocycles. The van der Waals surface area contributed by atoms with E-state index in [9.17, 15) is 18.4 Å². The van der Waals surface area contributed by atoms with E-state index in [-0.39, 0.29) is 22.2 Å². The Balaban J connectivity index is 2.51. The van der Waals surface area contributed by atoms with Crippen LogP contribution in [0.2, 0.25) is 0 Å². The Morgan fingerprint density at radius 2 is 1.83 bits per heavy atom. The summed E-state index contributed by atoms with van der Waals surface area (Å²) in [5.74, 6) is 0. The number of hydrogen-bond acceptors (Lipinski definition) is 2. The van der Waals surface area contributed by atoms with Gasteiger partial charge in [-0.2, -0.15) is 18.4 Å². The zero-order valence-corrected chi connectivity index (χ0v) is 13.4. The molecule has 1 aliphatic carbocycles. The number of halogens is 3. The Morgan fingerprint density at radius 1 is 1.17 bits per heavy atom. The van der Waals surface area contributed by atoms with Gasteiger partial charge in [0, 0.05) is 22.8 Å². The maximum Gasteiger partial charge on any atom is 0.417 e. The fourth-order valence-corrected chi connectivity index (χ4v) is 3.32. The van der Waals surface area contributed by atoms with Crippen molar-refractivity contribution in [2.75, 3.05) is 0 Å². The third-order valence-electron chi connectivity index (χ3n) is 4.34. The standard InChI is InChI=1S/C17H18F3N3/c1-16(2,3)23-9-10(8-21)13-14(17(18,19)20)11-6-4-5-7-12(11)22-15(13)23/h9H,4-7H2,1-3H3. The molecule has 3 rings (SSSR count). The molecular formula is C17H18F3N3. The Kier molecular flexibility index (Phi) is 3.44. The molecule has 122 valence electrons. The van der Waals surface area contributed by atoms with Gasteiger partial charge in [0.1, 0.15) is 11.7 Å². The second-order valence-corrected chi connectivity index (χ2v) is 7.01. The summed E-state index contributed by atoms with van der Waals surface area (Å²) in [4.78, 5) is 4.54. The molecule has 0 aromatic carbocycles. The van der Waals surface area contributed by atoms with Crippen LogP contribution in [-0.2, 0) is 24.6 Å². The van der Waals surface area contributed by atoms with Gasteiger partial charge in [-0.3, -0.25) is 0 Å². The Labute approximate surface area is 132 Å². The SMILES string of the molecule is CC(C)(C)n1cc(C#N)c2c(C(F)(F)F)c3c(nc21)CCCC3. The Hall–Kier alpha value is -2.03. The largest absolute Gasteiger partial charge is 0.417 e. The van der Waals surface area contributed by atoms with Crippen molar-refractivity contribution in [2.24, 2.45) is 0 Å². The van der Waals surface area contributed by atoms with E-state index in [0.29, 0.717) is 18.5 Å². The van der Waals surface area contributed by atoms with E-state index >= 15 is 0 Å². The summed E-state index contributed by atoms with van der Waals surface area (Å²) in [6.07, 6.45) is -0.476. The highest BCUT2D eigenvalue weighted by Gasteiger charge is 2.40. The molecule has 0 unspecified atom stereocenters. The van der Waals surface area contributed by atoms with E-state index in [1.54, 1.807) is 4.57 Å². The first-order chi connectivity index (χ1) is 10.6. The van der Waals surface area contributed by atoms with E-state index in [4.69, 9.17) is 0 Å².